The Kier molecular flexibility index (Phi) is 2.26. The monoisotopic (exact) mass is 204 g/mol. The van der Waals surface area contributed by atoms with E-state index in [0.29, 0.717) is 5.92 Å². The molecular weight excluding hydrogens is 188 g/mol. The maximum atomic E-state index is 5.96. The molecule has 0 aromatic heterocycles. The van der Waals surface area contributed by atoms with Crippen LogP contribution >= 0.6 is 0 Å². The van der Waals surface area contributed by atoms with Crippen LogP contribution in [-0.4, -0.2) is 12.9 Å². The van der Waals surface area contributed by atoms with E-state index in [0.717, 1.165) is 19.4 Å². The van der Waals surface area contributed by atoms with Crippen LogP contribution in [0.15, 0.2) is 24.3 Å². The van der Waals surface area contributed by atoms with Crippen molar-refractivity contribution in [2.75, 3.05) is 6.61 Å². The average molecular weight is 204 g/mol. The zero-order valence-corrected chi connectivity index (χ0v) is 8.98. The molecule has 0 amide bonds. The van der Waals surface area contributed by atoms with Crippen LogP contribution in [0.4, 0.5) is 0 Å². The van der Waals surface area contributed by atoms with E-state index in [1.54, 1.807) is 0 Å². The van der Waals surface area contributed by atoms with Crippen molar-refractivity contribution >= 4 is 0 Å². The summed E-state index contributed by atoms with van der Waals surface area (Å²) < 4.78 is 11.6. The number of fused-ring (bicyclic) bond motifs is 3. The molecule has 2 nitrogen and oxygen atoms in total. The van der Waals surface area contributed by atoms with Crippen LogP contribution in [0.25, 0.3) is 0 Å². The first-order chi connectivity index (χ1) is 7.38. The molecule has 1 aliphatic heterocycles. The van der Waals surface area contributed by atoms with E-state index < -0.39 is 0 Å². The molecule has 1 aromatic carbocycles. The van der Waals surface area contributed by atoms with E-state index in [9.17, 15) is 0 Å². The first kappa shape index (κ1) is 9.37. The molecule has 15 heavy (non-hydrogen) atoms. The summed E-state index contributed by atoms with van der Waals surface area (Å²) in [5.41, 5.74) is 2.82. The summed E-state index contributed by atoms with van der Waals surface area (Å²) in [6.45, 7) is 2.95. The third kappa shape index (κ3) is 1.48. The Labute approximate surface area is 90.2 Å². The molecule has 2 heteroatoms. The summed E-state index contributed by atoms with van der Waals surface area (Å²) in [4.78, 5) is 0. The minimum Gasteiger partial charge on any atom is -0.352 e. The second-order valence-electron chi connectivity index (χ2n) is 4.39. The number of benzene rings is 1. The Morgan fingerprint density at radius 2 is 2.20 bits per heavy atom. The molecule has 1 fully saturated rings. The molecule has 1 aromatic rings. The zero-order chi connectivity index (χ0) is 10.3. The molecule has 0 radical (unpaired) electrons. The third-order valence-corrected chi connectivity index (χ3v) is 3.40. The van der Waals surface area contributed by atoms with Gasteiger partial charge in [-0.2, -0.15) is 0 Å². The fraction of sp³-hybridized carbons (Fsp3) is 0.538. The normalized spacial score (nSPS) is 33.5. The summed E-state index contributed by atoms with van der Waals surface area (Å²) in [6.07, 6.45) is 2.32. The van der Waals surface area contributed by atoms with Gasteiger partial charge in [-0.05, 0) is 24.0 Å². The van der Waals surface area contributed by atoms with Gasteiger partial charge in [-0.25, -0.2) is 0 Å². The van der Waals surface area contributed by atoms with Gasteiger partial charge >= 0.3 is 0 Å². The Balaban J connectivity index is 1.89. The van der Waals surface area contributed by atoms with Crippen molar-refractivity contribution in [2.45, 2.75) is 32.2 Å². The average Bonchev–Trinajstić information content (AvgIpc) is 2.66. The molecule has 1 saturated heterocycles. The number of rotatable bonds is 1. The summed E-state index contributed by atoms with van der Waals surface area (Å²) in [7, 11) is 0. The maximum Gasteiger partial charge on any atom is 0.158 e. The molecular formula is C13H16O2. The first-order valence-electron chi connectivity index (χ1n) is 5.73. The highest BCUT2D eigenvalue weighted by Gasteiger charge is 2.38. The van der Waals surface area contributed by atoms with Gasteiger partial charge in [0.1, 0.15) is 0 Å². The Bertz CT molecular complexity index is 361. The van der Waals surface area contributed by atoms with Crippen LogP contribution in [0.2, 0.25) is 0 Å². The maximum absolute atomic E-state index is 5.96. The topological polar surface area (TPSA) is 18.5 Å². The third-order valence-electron chi connectivity index (χ3n) is 3.40. The van der Waals surface area contributed by atoms with Crippen molar-refractivity contribution < 1.29 is 9.47 Å². The highest BCUT2D eigenvalue weighted by molar-refractivity contribution is 5.35. The highest BCUT2D eigenvalue weighted by atomic mass is 16.7. The number of ether oxygens (including phenoxy) is 2. The molecule has 0 bridgehead atoms. The fourth-order valence-electron chi connectivity index (χ4n) is 2.62. The largest absolute Gasteiger partial charge is 0.352 e. The van der Waals surface area contributed by atoms with Gasteiger partial charge in [-0.15, -0.1) is 0 Å². The molecule has 0 spiro atoms. The van der Waals surface area contributed by atoms with Crippen molar-refractivity contribution in [2.24, 2.45) is 5.92 Å². The summed E-state index contributed by atoms with van der Waals surface area (Å²) >= 11 is 0. The van der Waals surface area contributed by atoms with Gasteiger partial charge in [0.25, 0.3) is 0 Å². The lowest BCUT2D eigenvalue weighted by molar-refractivity contribution is -0.235. The zero-order valence-electron chi connectivity index (χ0n) is 8.98. The van der Waals surface area contributed by atoms with Crippen LogP contribution in [0.3, 0.4) is 0 Å². The van der Waals surface area contributed by atoms with E-state index in [2.05, 4.69) is 31.2 Å². The molecule has 3 rings (SSSR count). The van der Waals surface area contributed by atoms with Crippen molar-refractivity contribution in [3.05, 3.63) is 35.4 Å². The predicted octanol–water partition coefficient (Wildman–Crippen LogP) is 2.68. The Hall–Kier alpha value is -0.860. The van der Waals surface area contributed by atoms with E-state index in [1.165, 1.54) is 11.1 Å². The van der Waals surface area contributed by atoms with Gasteiger partial charge in [-0.3, -0.25) is 0 Å². The van der Waals surface area contributed by atoms with Crippen LogP contribution in [0.5, 0.6) is 0 Å². The minimum atomic E-state index is -0.00240. The lowest BCUT2D eigenvalue weighted by atomic mass is 10.0. The second kappa shape index (κ2) is 3.62. The Morgan fingerprint density at radius 3 is 3.07 bits per heavy atom. The van der Waals surface area contributed by atoms with Crippen molar-refractivity contribution in [1.82, 2.24) is 0 Å². The SMILES string of the molecule is CC[C@@H]1OC[C@H]2Cc3ccccc3[C@H]2O1. The molecule has 80 valence electrons. The van der Waals surface area contributed by atoms with Gasteiger partial charge < -0.3 is 9.47 Å². The highest BCUT2D eigenvalue weighted by Crippen LogP contribution is 2.42. The van der Waals surface area contributed by atoms with Crippen LogP contribution in [0, 0.1) is 5.92 Å². The lowest BCUT2D eigenvalue weighted by Gasteiger charge is -2.32. The van der Waals surface area contributed by atoms with E-state index in [1.807, 2.05) is 0 Å². The molecule has 1 aliphatic carbocycles. The van der Waals surface area contributed by atoms with Crippen LogP contribution < -0.4 is 0 Å². The standard InChI is InChI=1S/C13H16O2/c1-2-12-14-8-10-7-9-5-3-4-6-11(9)13(10)15-12/h3-6,10,12-13H,2,7-8H2,1H3/t10-,12-,13+/m1/s1. The fourth-order valence-corrected chi connectivity index (χ4v) is 2.62. The van der Waals surface area contributed by atoms with Crippen LogP contribution in [-0.2, 0) is 15.9 Å². The van der Waals surface area contributed by atoms with Gasteiger partial charge in [-0.1, -0.05) is 31.2 Å². The van der Waals surface area contributed by atoms with E-state index >= 15 is 0 Å². The lowest BCUT2D eigenvalue weighted by Crippen LogP contribution is -2.32. The molecule has 3 atom stereocenters. The van der Waals surface area contributed by atoms with E-state index in [4.69, 9.17) is 9.47 Å². The number of hydrogen-bond donors (Lipinski definition) is 0. The van der Waals surface area contributed by atoms with Crippen molar-refractivity contribution in [3.8, 4) is 0 Å². The molecule has 0 N–H and O–H groups in total. The number of hydrogen-bond acceptors (Lipinski definition) is 2. The summed E-state index contributed by atoms with van der Waals surface area (Å²) in [5, 5.41) is 0. The Morgan fingerprint density at radius 1 is 1.33 bits per heavy atom. The summed E-state index contributed by atoms with van der Waals surface area (Å²) in [6, 6.07) is 8.60. The smallest absolute Gasteiger partial charge is 0.158 e. The predicted molar refractivity (Wildman–Crippen MR) is 57.5 cm³/mol. The molecule has 2 aliphatic rings. The van der Waals surface area contributed by atoms with Gasteiger partial charge in [0.15, 0.2) is 6.29 Å². The van der Waals surface area contributed by atoms with Gasteiger partial charge in [0.2, 0.25) is 0 Å². The second-order valence-corrected chi connectivity index (χ2v) is 4.39. The van der Waals surface area contributed by atoms with E-state index in [-0.39, 0.29) is 12.4 Å². The van der Waals surface area contributed by atoms with Crippen molar-refractivity contribution in [1.29, 1.82) is 0 Å². The van der Waals surface area contributed by atoms with Crippen LogP contribution in [0.1, 0.15) is 30.6 Å². The molecule has 1 heterocycles. The molecule has 0 unspecified atom stereocenters. The molecule has 0 saturated carbocycles. The summed E-state index contributed by atoms with van der Waals surface area (Å²) in [5.74, 6) is 0.533. The quantitative estimate of drug-likeness (QED) is 0.700. The van der Waals surface area contributed by atoms with Crippen molar-refractivity contribution in [3.63, 3.8) is 0 Å². The van der Waals surface area contributed by atoms with Gasteiger partial charge in [0.05, 0.1) is 12.7 Å². The first-order valence-corrected chi connectivity index (χ1v) is 5.73. The van der Waals surface area contributed by atoms with Gasteiger partial charge in [0, 0.05) is 5.92 Å². The minimum absolute atomic E-state index is 0.00240.